The lowest BCUT2D eigenvalue weighted by Crippen LogP contribution is -2.07. The van der Waals surface area contributed by atoms with Gasteiger partial charge >= 0.3 is 12.1 Å². The summed E-state index contributed by atoms with van der Waals surface area (Å²) in [5.41, 5.74) is -0.252. The number of benzene rings is 1. The van der Waals surface area contributed by atoms with Gasteiger partial charge in [0.15, 0.2) is 0 Å². The molecule has 0 amide bonds. The van der Waals surface area contributed by atoms with Crippen molar-refractivity contribution in [2.75, 3.05) is 0 Å². The fourth-order valence-corrected chi connectivity index (χ4v) is 1.94. The van der Waals surface area contributed by atoms with Crippen LogP contribution in [0.1, 0.15) is 16.2 Å². The summed E-state index contributed by atoms with van der Waals surface area (Å²) in [6.45, 7) is 0. The van der Waals surface area contributed by atoms with Gasteiger partial charge in [-0.3, -0.25) is 0 Å². The number of rotatable bonds is 3. The van der Waals surface area contributed by atoms with Crippen molar-refractivity contribution in [3.63, 3.8) is 0 Å². The minimum absolute atomic E-state index is 0.172. The molecule has 0 aliphatic heterocycles. The van der Waals surface area contributed by atoms with Gasteiger partial charge in [-0.15, -0.1) is 0 Å². The van der Waals surface area contributed by atoms with Crippen molar-refractivity contribution in [2.45, 2.75) is 6.18 Å². The zero-order chi connectivity index (χ0) is 14.9. The first-order chi connectivity index (χ1) is 9.27. The molecule has 0 atom stereocenters. The summed E-state index contributed by atoms with van der Waals surface area (Å²) < 4.78 is 45.1. The summed E-state index contributed by atoms with van der Waals surface area (Å²) in [6.07, 6.45) is -4.69. The molecule has 2 aromatic rings. The van der Waals surface area contributed by atoms with Crippen LogP contribution in [0.25, 0.3) is 0 Å². The Bertz CT molecular complexity index is 659. The topological polar surface area (TPSA) is 72.3 Å². The molecule has 1 N–H and O–H groups in total. The molecule has 0 fully saturated rings. The standard InChI is InChI=1S/C10H4ClF3N2O3S/c11-4-1-2-5(7(17)18)6(3-4)19-9-15-8(16-20-9)10(12,13)14/h1-3H,(H,17,18). The molecule has 10 heteroatoms. The molecule has 5 nitrogen and oxygen atoms in total. The van der Waals surface area contributed by atoms with Crippen LogP contribution in [0.5, 0.6) is 10.9 Å². The summed E-state index contributed by atoms with van der Waals surface area (Å²) in [5, 5.41) is 8.68. The predicted octanol–water partition coefficient (Wildman–Crippen LogP) is 3.70. The van der Waals surface area contributed by atoms with Crippen LogP contribution in [-0.4, -0.2) is 20.4 Å². The van der Waals surface area contributed by atoms with Crippen LogP contribution in [0, 0.1) is 0 Å². The maximum atomic E-state index is 12.3. The molecular formula is C10H4ClF3N2O3S. The predicted molar refractivity (Wildman–Crippen MR) is 63.4 cm³/mol. The van der Waals surface area contributed by atoms with E-state index in [2.05, 4.69) is 9.36 Å². The number of nitrogens with zero attached hydrogens (tertiary/aromatic N) is 2. The molecule has 1 aromatic heterocycles. The van der Waals surface area contributed by atoms with Gasteiger partial charge in [0.25, 0.3) is 11.0 Å². The maximum absolute atomic E-state index is 12.3. The number of aromatic carboxylic acids is 1. The number of hydrogen-bond acceptors (Lipinski definition) is 5. The fourth-order valence-electron chi connectivity index (χ4n) is 1.22. The fraction of sp³-hybridized carbons (Fsp3) is 0.100. The average Bonchev–Trinajstić information content (AvgIpc) is 2.76. The van der Waals surface area contributed by atoms with Crippen molar-refractivity contribution in [1.82, 2.24) is 9.36 Å². The maximum Gasteiger partial charge on any atom is 0.452 e. The van der Waals surface area contributed by atoms with Gasteiger partial charge in [0.05, 0.1) is 0 Å². The van der Waals surface area contributed by atoms with Gasteiger partial charge in [-0.2, -0.15) is 22.5 Å². The first kappa shape index (κ1) is 14.5. The Morgan fingerprint density at radius 1 is 1.40 bits per heavy atom. The molecule has 2 rings (SSSR count). The van der Waals surface area contributed by atoms with E-state index in [0.717, 1.165) is 0 Å². The minimum Gasteiger partial charge on any atom is -0.478 e. The van der Waals surface area contributed by atoms with E-state index in [1.807, 2.05) is 0 Å². The number of hydrogen-bond donors (Lipinski definition) is 1. The highest BCUT2D eigenvalue weighted by molar-refractivity contribution is 7.07. The Morgan fingerprint density at radius 3 is 2.65 bits per heavy atom. The minimum atomic E-state index is -4.69. The Balaban J connectivity index is 2.32. The van der Waals surface area contributed by atoms with Crippen molar-refractivity contribution in [1.29, 1.82) is 0 Å². The van der Waals surface area contributed by atoms with Gasteiger partial charge in [-0.25, -0.2) is 4.79 Å². The lowest BCUT2D eigenvalue weighted by atomic mass is 10.2. The summed E-state index contributed by atoms with van der Waals surface area (Å²) in [6, 6.07) is 3.66. The van der Waals surface area contributed by atoms with E-state index in [9.17, 15) is 18.0 Å². The molecule has 0 unspecified atom stereocenters. The van der Waals surface area contributed by atoms with Crippen molar-refractivity contribution in [3.8, 4) is 10.9 Å². The second kappa shape index (κ2) is 5.25. The number of carbonyl (C=O) groups is 1. The van der Waals surface area contributed by atoms with Crippen LogP contribution < -0.4 is 4.74 Å². The molecule has 1 heterocycles. The van der Waals surface area contributed by atoms with Gasteiger partial charge < -0.3 is 9.84 Å². The van der Waals surface area contributed by atoms with Crippen molar-refractivity contribution < 1.29 is 27.8 Å². The molecule has 0 spiro atoms. The highest BCUT2D eigenvalue weighted by Gasteiger charge is 2.36. The third-order valence-electron chi connectivity index (χ3n) is 2.03. The number of carboxylic acids is 1. The molecule has 0 aliphatic rings. The van der Waals surface area contributed by atoms with E-state index in [4.69, 9.17) is 21.4 Å². The van der Waals surface area contributed by atoms with Crippen LogP contribution in [0.15, 0.2) is 18.2 Å². The van der Waals surface area contributed by atoms with Crippen molar-refractivity contribution >= 4 is 29.1 Å². The van der Waals surface area contributed by atoms with Crippen LogP contribution >= 0.6 is 23.1 Å². The van der Waals surface area contributed by atoms with Crippen LogP contribution in [0.4, 0.5) is 13.2 Å². The summed E-state index contributed by atoms with van der Waals surface area (Å²) in [7, 11) is 0. The van der Waals surface area contributed by atoms with Gasteiger partial charge in [-0.1, -0.05) is 11.6 Å². The van der Waals surface area contributed by atoms with Crippen LogP contribution in [0.3, 0.4) is 0 Å². The molecule has 0 saturated heterocycles. The van der Waals surface area contributed by atoms with E-state index in [-0.39, 0.29) is 16.3 Å². The van der Waals surface area contributed by atoms with Crippen LogP contribution in [0.2, 0.25) is 5.02 Å². The first-order valence-electron chi connectivity index (χ1n) is 4.89. The molecule has 1 aromatic carbocycles. The third kappa shape index (κ3) is 3.17. The van der Waals surface area contributed by atoms with E-state index < -0.39 is 23.2 Å². The largest absolute Gasteiger partial charge is 0.478 e. The van der Waals surface area contributed by atoms with Crippen molar-refractivity contribution in [2.24, 2.45) is 0 Å². The van der Waals surface area contributed by atoms with E-state index in [1.54, 1.807) is 0 Å². The van der Waals surface area contributed by atoms with Gasteiger partial charge in [0.1, 0.15) is 11.3 Å². The Morgan fingerprint density at radius 2 is 2.10 bits per heavy atom. The Kier molecular flexibility index (Phi) is 3.82. The highest BCUT2D eigenvalue weighted by atomic mass is 35.5. The average molecular weight is 325 g/mol. The Hall–Kier alpha value is -1.87. The number of alkyl halides is 3. The van der Waals surface area contributed by atoms with Gasteiger partial charge in [0.2, 0.25) is 0 Å². The highest BCUT2D eigenvalue weighted by Crippen LogP contribution is 2.33. The number of carboxylic acid groups (broad SMARTS) is 1. The second-order valence-corrected chi connectivity index (χ2v) is 4.58. The number of halogens is 4. The normalized spacial score (nSPS) is 11.4. The molecule has 20 heavy (non-hydrogen) atoms. The third-order valence-corrected chi connectivity index (χ3v) is 2.86. The Labute approximate surface area is 118 Å². The van der Waals surface area contributed by atoms with Gasteiger partial charge in [-0.05, 0) is 12.1 Å². The SMILES string of the molecule is O=C(O)c1ccc(Cl)cc1Oc1nc(C(F)(F)F)ns1. The smallest absolute Gasteiger partial charge is 0.452 e. The monoisotopic (exact) mass is 324 g/mol. The van der Waals surface area contributed by atoms with E-state index >= 15 is 0 Å². The number of ether oxygens (including phenoxy) is 1. The summed E-state index contributed by atoms with van der Waals surface area (Å²) in [5.74, 6) is -2.87. The summed E-state index contributed by atoms with van der Waals surface area (Å²) >= 11 is 6.04. The second-order valence-electron chi connectivity index (χ2n) is 3.43. The van der Waals surface area contributed by atoms with Gasteiger partial charge in [0, 0.05) is 22.6 Å². The number of aromatic nitrogens is 2. The van der Waals surface area contributed by atoms with E-state index in [0.29, 0.717) is 11.5 Å². The molecule has 0 radical (unpaired) electrons. The molecule has 0 aliphatic carbocycles. The molecule has 106 valence electrons. The quantitative estimate of drug-likeness (QED) is 0.932. The van der Waals surface area contributed by atoms with Crippen molar-refractivity contribution in [3.05, 3.63) is 34.6 Å². The zero-order valence-corrected chi connectivity index (χ0v) is 10.9. The lowest BCUT2D eigenvalue weighted by molar-refractivity contribution is -0.144. The molecular weight excluding hydrogens is 321 g/mol. The first-order valence-corrected chi connectivity index (χ1v) is 6.04. The zero-order valence-electron chi connectivity index (χ0n) is 9.31. The van der Waals surface area contributed by atoms with Crippen LogP contribution in [-0.2, 0) is 6.18 Å². The molecule has 0 saturated carbocycles. The molecule has 0 bridgehead atoms. The lowest BCUT2D eigenvalue weighted by Gasteiger charge is -2.05. The summed E-state index contributed by atoms with van der Waals surface area (Å²) in [4.78, 5) is 14.1. The van der Waals surface area contributed by atoms with E-state index in [1.165, 1.54) is 18.2 Å².